The molecule has 1 atom stereocenters. The number of anilines is 2. The Morgan fingerprint density at radius 2 is 2.19 bits per heavy atom. The van der Waals surface area contributed by atoms with E-state index in [1.165, 1.54) is 18.4 Å². The second-order valence-electron chi connectivity index (χ2n) is 3.97. The van der Waals surface area contributed by atoms with Crippen LogP contribution < -0.4 is 10.0 Å². The Balaban J connectivity index is 2.29. The van der Waals surface area contributed by atoms with E-state index in [9.17, 15) is 9.00 Å². The number of hydrogen-bond acceptors (Lipinski definition) is 4. The molecule has 0 aliphatic heterocycles. The maximum Gasteiger partial charge on any atom is 0.259 e. The van der Waals surface area contributed by atoms with E-state index in [-0.39, 0.29) is 16.3 Å². The third-order valence-electron chi connectivity index (χ3n) is 2.57. The molecule has 21 heavy (non-hydrogen) atoms. The number of rotatable bonds is 6. The molecule has 0 saturated heterocycles. The molecule has 1 aromatic heterocycles. The molecular weight excluding hydrogens is 336 g/mol. The lowest BCUT2D eigenvalue weighted by Gasteiger charge is -2.12. The standard InChI is InChI=1S/C12H11ClN2O4S2/c13-9-5-10(14-6-7-2-1-3-19-7)8(12(16)20)4-11(9)15-21(17)18/h1-5,14-15H,6H2,(H,16,20)(H,17,18). The first-order chi connectivity index (χ1) is 9.97. The summed E-state index contributed by atoms with van der Waals surface area (Å²) in [5.41, 5.74) is 0.839. The molecule has 1 unspecified atom stereocenters. The predicted molar refractivity (Wildman–Crippen MR) is 85.2 cm³/mol. The molecule has 0 bridgehead atoms. The predicted octanol–water partition coefficient (Wildman–Crippen LogP) is 3.16. The lowest BCUT2D eigenvalue weighted by molar-refractivity contribution is 0.109. The topological polar surface area (TPSA) is 91.6 Å². The fourth-order valence-electron chi connectivity index (χ4n) is 1.66. The van der Waals surface area contributed by atoms with Gasteiger partial charge in [0.25, 0.3) is 11.3 Å². The van der Waals surface area contributed by atoms with E-state index in [1.54, 1.807) is 12.1 Å². The first kappa shape index (κ1) is 15.9. The van der Waals surface area contributed by atoms with Crippen LogP contribution in [0, 0.1) is 0 Å². The lowest BCUT2D eigenvalue weighted by atomic mass is 10.1. The Labute approximate surface area is 133 Å². The molecule has 3 N–H and O–H groups in total. The SMILES string of the molecule is O=C(S)c1cc(NS(=O)O)c(Cl)cc1NCc1ccco1. The molecule has 0 aliphatic rings. The third-order valence-corrected chi connectivity index (χ3v) is 3.52. The van der Waals surface area contributed by atoms with Crippen LogP contribution in [0.5, 0.6) is 0 Å². The summed E-state index contributed by atoms with van der Waals surface area (Å²) in [7, 11) is 0. The highest BCUT2D eigenvalue weighted by atomic mass is 35.5. The molecule has 112 valence electrons. The summed E-state index contributed by atoms with van der Waals surface area (Å²) in [4.78, 5) is 11.6. The van der Waals surface area contributed by atoms with Crippen LogP contribution in [0.4, 0.5) is 11.4 Å². The number of benzene rings is 1. The van der Waals surface area contributed by atoms with Gasteiger partial charge in [-0.3, -0.25) is 14.1 Å². The quantitative estimate of drug-likeness (QED) is 0.476. The molecule has 0 spiro atoms. The number of thiol groups is 1. The smallest absolute Gasteiger partial charge is 0.259 e. The molecule has 2 rings (SSSR count). The average Bonchev–Trinajstić information content (AvgIpc) is 2.91. The van der Waals surface area contributed by atoms with Crippen molar-refractivity contribution in [2.45, 2.75) is 6.54 Å². The van der Waals surface area contributed by atoms with E-state index < -0.39 is 16.4 Å². The zero-order chi connectivity index (χ0) is 15.4. The van der Waals surface area contributed by atoms with Gasteiger partial charge in [0.2, 0.25) is 5.12 Å². The van der Waals surface area contributed by atoms with Crippen molar-refractivity contribution in [3.63, 3.8) is 0 Å². The van der Waals surface area contributed by atoms with Crippen molar-refractivity contribution in [2.75, 3.05) is 10.0 Å². The van der Waals surface area contributed by atoms with Crippen molar-refractivity contribution in [1.29, 1.82) is 0 Å². The van der Waals surface area contributed by atoms with Gasteiger partial charge in [0.05, 0.1) is 29.1 Å². The average molecular weight is 347 g/mol. The van der Waals surface area contributed by atoms with E-state index in [0.717, 1.165) is 0 Å². The van der Waals surface area contributed by atoms with Crippen LogP contribution >= 0.6 is 24.2 Å². The Morgan fingerprint density at radius 3 is 2.76 bits per heavy atom. The summed E-state index contributed by atoms with van der Waals surface area (Å²) in [5.74, 6) is 0.683. The molecule has 2 aromatic rings. The van der Waals surface area contributed by atoms with Gasteiger partial charge < -0.3 is 9.73 Å². The summed E-state index contributed by atoms with van der Waals surface area (Å²) in [6, 6.07) is 6.36. The van der Waals surface area contributed by atoms with Crippen LogP contribution in [0.15, 0.2) is 34.9 Å². The van der Waals surface area contributed by atoms with Crippen molar-refractivity contribution in [3.05, 3.63) is 46.9 Å². The minimum Gasteiger partial charge on any atom is -0.467 e. The van der Waals surface area contributed by atoms with Gasteiger partial charge in [0.1, 0.15) is 5.76 Å². The van der Waals surface area contributed by atoms with Gasteiger partial charge in [-0.15, -0.1) is 12.6 Å². The molecule has 6 nitrogen and oxygen atoms in total. The van der Waals surface area contributed by atoms with Crippen molar-refractivity contribution < 1.29 is 18.0 Å². The highest BCUT2D eigenvalue weighted by molar-refractivity contribution is 7.97. The number of halogens is 1. The number of carbonyl (C=O) groups is 1. The number of carbonyl (C=O) groups excluding carboxylic acids is 1. The summed E-state index contributed by atoms with van der Waals surface area (Å²) < 4.78 is 27.0. The Bertz CT molecular complexity index is 676. The second kappa shape index (κ2) is 6.99. The molecule has 0 amide bonds. The van der Waals surface area contributed by atoms with E-state index in [2.05, 4.69) is 22.7 Å². The second-order valence-corrected chi connectivity index (χ2v) is 5.48. The van der Waals surface area contributed by atoms with Crippen molar-refractivity contribution in [2.24, 2.45) is 0 Å². The monoisotopic (exact) mass is 346 g/mol. The normalized spacial score (nSPS) is 12.0. The zero-order valence-corrected chi connectivity index (χ0v) is 13.0. The lowest BCUT2D eigenvalue weighted by Crippen LogP contribution is -2.07. The maximum atomic E-state index is 11.6. The van der Waals surface area contributed by atoms with Crippen molar-refractivity contribution in [1.82, 2.24) is 0 Å². The van der Waals surface area contributed by atoms with Crippen LogP contribution in [0.1, 0.15) is 16.1 Å². The summed E-state index contributed by atoms with van der Waals surface area (Å²) in [6.07, 6.45) is 1.54. The number of nitrogens with one attached hydrogen (secondary N) is 2. The summed E-state index contributed by atoms with van der Waals surface area (Å²) >= 11 is 7.50. The van der Waals surface area contributed by atoms with Gasteiger partial charge in [-0.05, 0) is 24.3 Å². The van der Waals surface area contributed by atoms with E-state index in [4.69, 9.17) is 20.6 Å². The molecule has 0 saturated carbocycles. The van der Waals surface area contributed by atoms with Crippen LogP contribution in [0.2, 0.25) is 5.02 Å². The van der Waals surface area contributed by atoms with Gasteiger partial charge >= 0.3 is 0 Å². The van der Waals surface area contributed by atoms with E-state index >= 15 is 0 Å². The van der Waals surface area contributed by atoms with Crippen molar-refractivity contribution in [3.8, 4) is 0 Å². The molecule has 9 heteroatoms. The Hall–Kier alpha value is -1.48. The zero-order valence-electron chi connectivity index (χ0n) is 10.5. The minimum absolute atomic E-state index is 0.165. The Kier molecular flexibility index (Phi) is 5.29. The van der Waals surface area contributed by atoms with Crippen LogP contribution in [-0.2, 0) is 17.8 Å². The number of hydrogen-bond donors (Lipinski definition) is 4. The fourth-order valence-corrected chi connectivity index (χ4v) is 2.47. The fraction of sp³-hybridized carbons (Fsp3) is 0.0833. The minimum atomic E-state index is -2.29. The maximum absolute atomic E-state index is 11.6. The van der Waals surface area contributed by atoms with E-state index in [0.29, 0.717) is 18.0 Å². The molecule has 0 aliphatic carbocycles. The molecular formula is C12H11ClN2O4S2. The first-order valence-corrected chi connectivity index (χ1v) is 7.61. The highest BCUT2D eigenvalue weighted by Crippen LogP contribution is 2.31. The molecule has 0 radical (unpaired) electrons. The van der Waals surface area contributed by atoms with Gasteiger partial charge in [0, 0.05) is 5.69 Å². The first-order valence-electron chi connectivity index (χ1n) is 5.68. The van der Waals surface area contributed by atoms with Crippen LogP contribution in [-0.4, -0.2) is 13.9 Å². The third kappa shape index (κ3) is 4.24. The van der Waals surface area contributed by atoms with Gasteiger partial charge in [-0.2, -0.15) is 0 Å². The van der Waals surface area contributed by atoms with Crippen molar-refractivity contribution >= 4 is 52.0 Å². The summed E-state index contributed by atoms with van der Waals surface area (Å²) in [6.45, 7) is 0.357. The molecule has 0 fully saturated rings. The highest BCUT2D eigenvalue weighted by Gasteiger charge is 2.14. The molecule has 1 aromatic carbocycles. The summed E-state index contributed by atoms with van der Waals surface area (Å²) in [5, 5.41) is 2.70. The largest absolute Gasteiger partial charge is 0.467 e. The Morgan fingerprint density at radius 1 is 1.43 bits per heavy atom. The van der Waals surface area contributed by atoms with E-state index in [1.807, 2.05) is 0 Å². The van der Waals surface area contributed by atoms with Gasteiger partial charge in [-0.25, -0.2) is 4.21 Å². The molecule has 1 heterocycles. The van der Waals surface area contributed by atoms with Gasteiger partial charge in [0.15, 0.2) is 0 Å². The van der Waals surface area contributed by atoms with Gasteiger partial charge in [-0.1, -0.05) is 11.6 Å². The number of furan rings is 1. The van der Waals surface area contributed by atoms with Crippen LogP contribution in [0.25, 0.3) is 0 Å². The van der Waals surface area contributed by atoms with Crippen LogP contribution in [0.3, 0.4) is 0 Å².